The number of para-hydroxylation sites is 1. The van der Waals surface area contributed by atoms with Crippen LogP contribution in [0.2, 0.25) is 0 Å². The third-order valence-corrected chi connectivity index (χ3v) is 6.49. The number of hydrogen-bond donors (Lipinski definition) is 2. The molecule has 4 rings (SSSR count). The van der Waals surface area contributed by atoms with Crippen LogP contribution in [0.25, 0.3) is 16.7 Å². The Morgan fingerprint density at radius 3 is 2.29 bits per heavy atom. The van der Waals surface area contributed by atoms with Crippen LogP contribution in [0.15, 0.2) is 77.2 Å². The van der Waals surface area contributed by atoms with Gasteiger partial charge in [0, 0.05) is 22.4 Å². The maximum atomic E-state index is 13.3. The minimum atomic E-state index is -3.95. The molecule has 0 saturated carbocycles. The smallest absolute Gasteiger partial charge is 0.265 e. The van der Waals surface area contributed by atoms with Crippen LogP contribution in [0.5, 0.6) is 5.75 Å². The first-order valence-electron chi connectivity index (χ1n) is 9.70. The molecule has 2 N–H and O–H groups in total. The van der Waals surface area contributed by atoms with Crippen molar-refractivity contribution >= 4 is 32.9 Å². The fraction of sp³-hybridized carbons (Fsp3) is 0.125. The number of amides is 1. The third kappa shape index (κ3) is 3.80. The molecule has 1 aliphatic rings. The van der Waals surface area contributed by atoms with Crippen molar-refractivity contribution < 1.29 is 17.9 Å². The molecule has 158 valence electrons. The van der Waals surface area contributed by atoms with Gasteiger partial charge in [-0.25, -0.2) is 8.42 Å². The predicted molar refractivity (Wildman–Crippen MR) is 123 cm³/mol. The SMILES string of the molecule is COc1ccccc1S(=O)(=O)Nc1cc2c(cc1-c1ccccc1)NC(=O)C2=C(C)C. The van der Waals surface area contributed by atoms with Crippen LogP contribution in [-0.4, -0.2) is 21.4 Å². The zero-order valence-corrected chi connectivity index (χ0v) is 18.2. The van der Waals surface area contributed by atoms with Crippen molar-refractivity contribution in [2.75, 3.05) is 17.1 Å². The monoisotopic (exact) mass is 434 g/mol. The van der Waals surface area contributed by atoms with Gasteiger partial charge in [0.05, 0.1) is 12.8 Å². The minimum absolute atomic E-state index is 0.0358. The number of rotatable bonds is 5. The van der Waals surface area contributed by atoms with E-state index in [1.807, 2.05) is 44.2 Å². The number of methoxy groups -OCH3 is 1. The molecule has 1 heterocycles. The maximum absolute atomic E-state index is 13.3. The van der Waals surface area contributed by atoms with Crippen molar-refractivity contribution in [2.45, 2.75) is 18.7 Å². The van der Waals surface area contributed by atoms with Crippen LogP contribution < -0.4 is 14.8 Å². The molecule has 7 heteroatoms. The summed E-state index contributed by atoms with van der Waals surface area (Å²) >= 11 is 0. The van der Waals surface area contributed by atoms with Gasteiger partial charge in [-0.05, 0) is 43.7 Å². The Hall–Kier alpha value is -3.58. The highest BCUT2D eigenvalue weighted by Crippen LogP contribution is 2.42. The van der Waals surface area contributed by atoms with Gasteiger partial charge in [-0.3, -0.25) is 9.52 Å². The number of benzene rings is 3. The first-order valence-corrected chi connectivity index (χ1v) is 11.2. The van der Waals surface area contributed by atoms with Gasteiger partial charge in [-0.15, -0.1) is 0 Å². The van der Waals surface area contributed by atoms with Gasteiger partial charge in [-0.2, -0.15) is 0 Å². The fourth-order valence-electron chi connectivity index (χ4n) is 3.69. The molecule has 0 aromatic heterocycles. The molecule has 1 amide bonds. The zero-order valence-electron chi connectivity index (χ0n) is 17.4. The van der Waals surface area contributed by atoms with E-state index in [1.54, 1.807) is 30.3 Å². The summed E-state index contributed by atoms with van der Waals surface area (Å²) in [7, 11) is -2.52. The van der Waals surface area contributed by atoms with Crippen molar-refractivity contribution in [3.8, 4) is 16.9 Å². The number of anilines is 2. The van der Waals surface area contributed by atoms with E-state index in [-0.39, 0.29) is 16.6 Å². The van der Waals surface area contributed by atoms with Crippen LogP contribution in [0, 0.1) is 0 Å². The highest BCUT2D eigenvalue weighted by Gasteiger charge is 2.28. The van der Waals surface area contributed by atoms with E-state index in [4.69, 9.17) is 4.74 Å². The Kier molecular flexibility index (Phi) is 5.29. The summed E-state index contributed by atoms with van der Waals surface area (Å²) in [6.45, 7) is 3.71. The summed E-state index contributed by atoms with van der Waals surface area (Å²) in [5.41, 5.74) is 4.58. The summed E-state index contributed by atoms with van der Waals surface area (Å²) in [4.78, 5) is 12.5. The molecule has 0 aliphatic carbocycles. The molecule has 0 saturated heterocycles. The fourth-order valence-corrected chi connectivity index (χ4v) is 4.94. The van der Waals surface area contributed by atoms with Crippen molar-refractivity contribution in [1.82, 2.24) is 0 Å². The maximum Gasteiger partial charge on any atom is 0.265 e. The van der Waals surface area contributed by atoms with Crippen molar-refractivity contribution in [3.63, 3.8) is 0 Å². The molecule has 0 unspecified atom stereocenters. The average molecular weight is 435 g/mol. The topological polar surface area (TPSA) is 84.5 Å². The molecule has 31 heavy (non-hydrogen) atoms. The number of carbonyl (C=O) groups is 1. The van der Waals surface area contributed by atoms with Gasteiger partial charge >= 0.3 is 0 Å². The van der Waals surface area contributed by atoms with Crippen LogP contribution in [0.3, 0.4) is 0 Å². The lowest BCUT2D eigenvalue weighted by Gasteiger charge is -2.16. The molecule has 1 aliphatic heterocycles. The van der Waals surface area contributed by atoms with Crippen LogP contribution in [0.1, 0.15) is 19.4 Å². The Balaban J connectivity index is 1.91. The van der Waals surface area contributed by atoms with Crippen molar-refractivity contribution in [3.05, 3.63) is 77.9 Å². The summed E-state index contributed by atoms with van der Waals surface area (Å²) in [6.07, 6.45) is 0. The highest BCUT2D eigenvalue weighted by atomic mass is 32.2. The molecule has 3 aromatic carbocycles. The molecule has 0 bridgehead atoms. The molecular weight excluding hydrogens is 412 g/mol. The van der Waals surface area contributed by atoms with Gasteiger partial charge in [0.1, 0.15) is 10.6 Å². The largest absolute Gasteiger partial charge is 0.495 e. The van der Waals surface area contributed by atoms with Gasteiger partial charge in [-0.1, -0.05) is 48.0 Å². The van der Waals surface area contributed by atoms with E-state index in [9.17, 15) is 13.2 Å². The molecule has 3 aromatic rings. The molecule has 0 fully saturated rings. The lowest BCUT2D eigenvalue weighted by Crippen LogP contribution is -2.15. The highest BCUT2D eigenvalue weighted by molar-refractivity contribution is 7.92. The number of hydrogen-bond acceptors (Lipinski definition) is 4. The van der Waals surface area contributed by atoms with E-state index in [1.165, 1.54) is 13.2 Å². The predicted octanol–water partition coefficient (Wildman–Crippen LogP) is 4.91. The number of ether oxygens (including phenoxy) is 1. The third-order valence-electron chi connectivity index (χ3n) is 5.09. The Bertz CT molecular complexity index is 1310. The number of allylic oxidation sites excluding steroid dienone is 1. The molecule has 0 spiro atoms. The average Bonchev–Trinajstić information content (AvgIpc) is 3.08. The van der Waals surface area contributed by atoms with E-state index < -0.39 is 10.0 Å². The summed E-state index contributed by atoms with van der Waals surface area (Å²) in [6, 6.07) is 19.4. The standard InChI is InChI=1S/C24H22N2O4S/c1-15(2)23-18-14-20(26-31(28,29)22-12-8-7-11-21(22)30-3)17(13-19(18)25-24(23)27)16-9-5-4-6-10-16/h4-14,26H,1-3H3,(H,25,27). The van der Waals surface area contributed by atoms with E-state index in [0.29, 0.717) is 28.1 Å². The zero-order chi connectivity index (χ0) is 22.2. The molecule has 0 atom stereocenters. The first-order chi connectivity index (χ1) is 14.8. The van der Waals surface area contributed by atoms with Gasteiger partial charge < -0.3 is 10.1 Å². The lowest BCUT2D eigenvalue weighted by atomic mass is 9.97. The summed E-state index contributed by atoms with van der Waals surface area (Å²) in [5, 5.41) is 2.88. The van der Waals surface area contributed by atoms with Gasteiger partial charge in [0.2, 0.25) is 0 Å². The Morgan fingerprint density at radius 2 is 1.61 bits per heavy atom. The van der Waals surface area contributed by atoms with Gasteiger partial charge in [0.15, 0.2) is 0 Å². The van der Waals surface area contributed by atoms with Gasteiger partial charge in [0.25, 0.3) is 15.9 Å². The summed E-state index contributed by atoms with van der Waals surface area (Å²) < 4.78 is 34.5. The van der Waals surface area contributed by atoms with Crippen LogP contribution in [-0.2, 0) is 14.8 Å². The van der Waals surface area contributed by atoms with Crippen molar-refractivity contribution in [2.24, 2.45) is 0 Å². The number of carbonyl (C=O) groups excluding carboxylic acids is 1. The normalized spacial score (nSPS) is 12.9. The number of fused-ring (bicyclic) bond motifs is 1. The second kappa shape index (κ2) is 7.92. The molecule has 6 nitrogen and oxygen atoms in total. The van der Waals surface area contributed by atoms with Crippen LogP contribution in [0.4, 0.5) is 11.4 Å². The Labute approximate surface area is 181 Å². The second-order valence-electron chi connectivity index (χ2n) is 7.39. The van der Waals surface area contributed by atoms with Crippen LogP contribution >= 0.6 is 0 Å². The molecule has 0 radical (unpaired) electrons. The number of sulfonamides is 1. The second-order valence-corrected chi connectivity index (χ2v) is 9.05. The molecular formula is C24H22N2O4S. The van der Waals surface area contributed by atoms with Crippen molar-refractivity contribution in [1.29, 1.82) is 0 Å². The summed E-state index contributed by atoms with van der Waals surface area (Å²) in [5.74, 6) is 0.0537. The van der Waals surface area contributed by atoms with E-state index in [2.05, 4.69) is 10.0 Å². The lowest BCUT2D eigenvalue weighted by molar-refractivity contribution is -0.110. The quantitative estimate of drug-likeness (QED) is 0.559. The number of nitrogens with one attached hydrogen (secondary N) is 2. The van der Waals surface area contributed by atoms with E-state index >= 15 is 0 Å². The van der Waals surface area contributed by atoms with E-state index in [0.717, 1.165) is 11.1 Å². The minimum Gasteiger partial charge on any atom is -0.495 e. The Morgan fingerprint density at radius 1 is 0.935 bits per heavy atom. The first kappa shape index (κ1) is 20.7.